The van der Waals surface area contributed by atoms with Gasteiger partial charge >= 0.3 is 0 Å². The monoisotopic (exact) mass is 454 g/mol. The molecule has 178 valence electrons. The number of aromatic nitrogens is 2. The van der Waals surface area contributed by atoms with E-state index < -0.39 is 0 Å². The van der Waals surface area contributed by atoms with E-state index in [0.717, 1.165) is 69.3 Å². The molecular formula is C26H35FN4O2. The smallest absolute Gasteiger partial charge is 0.268 e. The summed E-state index contributed by atoms with van der Waals surface area (Å²) in [7, 11) is 0. The lowest BCUT2D eigenvalue weighted by Gasteiger charge is -2.39. The first-order valence-electron chi connectivity index (χ1n) is 12.4. The van der Waals surface area contributed by atoms with Gasteiger partial charge < -0.3 is 9.80 Å². The number of hydrogen-bond acceptors (Lipinski definition) is 4. The van der Waals surface area contributed by atoms with Crippen molar-refractivity contribution in [2.75, 3.05) is 18.0 Å². The van der Waals surface area contributed by atoms with Crippen LogP contribution in [0.5, 0.6) is 0 Å². The topological polar surface area (TPSA) is 58.4 Å². The van der Waals surface area contributed by atoms with Gasteiger partial charge in [-0.25, -0.2) is 9.07 Å². The molecule has 7 heteroatoms. The third-order valence-corrected chi connectivity index (χ3v) is 7.06. The Bertz CT molecular complexity index is 977. The fourth-order valence-corrected chi connectivity index (χ4v) is 5.16. The van der Waals surface area contributed by atoms with Crippen LogP contribution in [-0.2, 0) is 17.9 Å². The Hall–Kier alpha value is -2.70. The number of nitrogens with zero attached hydrogens (tertiary/aromatic N) is 4. The summed E-state index contributed by atoms with van der Waals surface area (Å²) in [6.45, 7) is 4.68. The van der Waals surface area contributed by atoms with Crippen LogP contribution < -0.4 is 10.5 Å². The number of benzene rings is 1. The minimum absolute atomic E-state index is 0.0166. The molecule has 1 saturated heterocycles. The fourth-order valence-electron chi connectivity index (χ4n) is 5.16. The van der Waals surface area contributed by atoms with Gasteiger partial charge in [0.25, 0.3) is 5.56 Å². The summed E-state index contributed by atoms with van der Waals surface area (Å²) in [5, 5.41) is 4.30. The maximum absolute atomic E-state index is 13.7. The van der Waals surface area contributed by atoms with Crippen LogP contribution >= 0.6 is 0 Å². The predicted octanol–water partition coefficient (Wildman–Crippen LogP) is 4.37. The predicted molar refractivity (Wildman–Crippen MR) is 128 cm³/mol. The van der Waals surface area contributed by atoms with Crippen LogP contribution in [0.3, 0.4) is 0 Å². The largest absolute Gasteiger partial charge is 0.370 e. The highest BCUT2D eigenvalue weighted by Gasteiger charge is 2.33. The van der Waals surface area contributed by atoms with Crippen molar-refractivity contribution in [2.24, 2.45) is 5.92 Å². The Labute approximate surface area is 195 Å². The summed E-state index contributed by atoms with van der Waals surface area (Å²) >= 11 is 0. The first-order valence-corrected chi connectivity index (χ1v) is 12.4. The van der Waals surface area contributed by atoms with Gasteiger partial charge in [0.05, 0.1) is 11.9 Å². The molecule has 1 aliphatic heterocycles. The molecule has 0 unspecified atom stereocenters. The number of anilines is 1. The van der Waals surface area contributed by atoms with E-state index in [1.54, 1.807) is 24.4 Å². The number of carbonyl (C=O) groups excluding carboxylic acids is 1. The molecule has 0 spiro atoms. The van der Waals surface area contributed by atoms with Crippen molar-refractivity contribution in [2.45, 2.75) is 77.4 Å². The summed E-state index contributed by atoms with van der Waals surface area (Å²) in [6.07, 6.45) is 9.82. The van der Waals surface area contributed by atoms with E-state index in [1.165, 1.54) is 23.2 Å². The van der Waals surface area contributed by atoms with Crippen molar-refractivity contribution >= 4 is 11.6 Å². The average molecular weight is 455 g/mol. The van der Waals surface area contributed by atoms with E-state index in [9.17, 15) is 14.0 Å². The van der Waals surface area contributed by atoms with E-state index in [2.05, 4.69) is 14.9 Å². The lowest BCUT2D eigenvalue weighted by atomic mass is 9.90. The number of halogens is 1. The molecule has 0 N–H and O–H groups in total. The molecule has 33 heavy (non-hydrogen) atoms. The highest BCUT2D eigenvalue weighted by molar-refractivity contribution is 5.79. The van der Waals surface area contributed by atoms with Crippen LogP contribution in [0, 0.1) is 11.7 Å². The molecule has 6 nitrogen and oxygen atoms in total. The number of aryl methyl sites for hydroxylation is 1. The molecule has 1 saturated carbocycles. The van der Waals surface area contributed by atoms with Gasteiger partial charge in [0.15, 0.2) is 0 Å². The number of carbonyl (C=O) groups is 1. The first-order chi connectivity index (χ1) is 16.0. The Morgan fingerprint density at radius 3 is 2.42 bits per heavy atom. The van der Waals surface area contributed by atoms with E-state index >= 15 is 0 Å². The van der Waals surface area contributed by atoms with Crippen molar-refractivity contribution < 1.29 is 9.18 Å². The van der Waals surface area contributed by atoms with E-state index in [-0.39, 0.29) is 29.2 Å². The van der Waals surface area contributed by atoms with Gasteiger partial charge in [0.2, 0.25) is 5.91 Å². The second-order valence-corrected chi connectivity index (χ2v) is 9.42. The molecule has 0 bridgehead atoms. The van der Waals surface area contributed by atoms with Gasteiger partial charge in [-0.1, -0.05) is 38.3 Å². The Morgan fingerprint density at radius 1 is 1.09 bits per heavy atom. The minimum Gasteiger partial charge on any atom is -0.370 e. The molecule has 2 heterocycles. The second-order valence-electron chi connectivity index (χ2n) is 9.42. The maximum atomic E-state index is 13.7. The van der Waals surface area contributed by atoms with Crippen LogP contribution in [0.1, 0.15) is 63.9 Å². The number of piperidine rings is 1. The molecule has 0 radical (unpaired) electrons. The molecule has 1 aromatic heterocycles. The Balaban J connectivity index is 1.42. The zero-order valence-corrected chi connectivity index (χ0v) is 19.6. The van der Waals surface area contributed by atoms with Gasteiger partial charge in [-0.2, -0.15) is 5.10 Å². The van der Waals surface area contributed by atoms with Gasteiger partial charge in [0.1, 0.15) is 5.82 Å². The van der Waals surface area contributed by atoms with Crippen molar-refractivity contribution in [1.29, 1.82) is 0 Å². The van der Waals surface area contributed by atoms with Gasteiger partial charge in [0, 0.05) is 44.2 Å². The molecule has 2 aromatic rings. The molecule has 0 atom stereocenters. The first kappa shape index (κ1) is 23.5. The Morgan fingerprint density at radius 2 is 1.79 bits per heavy atom. The van der Waals surface area contributed by atoms with E-state index in [0.29, 0.717) is 13.1 Å². The fraction of sp³-hybridized carbons (Fsp3) is 0.577. The lowest BCUT2D eigenvalue weighted by Crippen LogP contribution is -2.47. The molecule has 2 aliphatic rings. The minimum atomic E-state index is -0.251. The van der Waals surface area contributed by atoms with E-state index in [1.807, 2.05) is 6.92 Å². The standard InChI is InChI=1S/C26H35FN4O2/c1-2-14-31-25(32)17-24(18-28-31)29-15-12-21(13-16-29)26(33)30(23-6-4-3-5-7-23)19-20-8-10-22(27)11-9-20/h8-11,17-18,21,23H,2-7,12-16,19H2,1H3. The van der Waals surface area contributed by atoms with Crippen molar-refractivity contribution in [3.8, 4) is 0 Å². The molecule has 1 amide bonds. The Kier molecular flexibility index (Phi) is 7.78. The highest BCUT2D eigenvalue weighted by Crippen LogP contribution is 2.29. The van der Waals surface area contributed by atoms with Gasteiger partial charge in [-0.05, 0) is 49.8 Å². The van der Waals surface area contributed by atoms with Gasteiger partial charge in [-0.3, -0.25) is 9.59 Å². The summed E-state index contributed by atoms with van der Waals surface area (Å²) in [5.74, 6) is -0.0436. The maximum Gasteiger partial charge on any atom is 0.268 e. The van der Waals surface area contributed by atoms with Crippen LogP contribution in [0.2, 0.25) is 0 Å². The van der Waals surface area contributed by atoms with Gasteiger partial charge in [-0.15, -0.1) is 0 Å². The SMILES string of the molecule is CCCn1ncc(N2CCC(C(=O)N(Cc3ccc(F)cc3)C3CCCCC3)CC2)cc1=O. The number of amides is 1. The van der Waals surface area contributed by atoms with Crippen molar-refractivity contribution in [3.63, 3.8) is 0 Å². The summed E-state index contributed by atoms with van der Waals surface area (Å²) in [5.41, 5.74) is 1.75. The molecule has 4 rings (SSSR count). The average Bonchev–Trinajstić information content (AvgIpc) is 2.85. The third kappa shape index (κ3) is 5.81. The van der Waals surface area contributed by atoms with Crippen LogP contribution in [0.15, 0.2) is 41.3 Å². The van der Waals surface area contributed by atoms with Crippen molar-refractivity contribution in [3.05, 3.63) is 58.3 Å². The quantitative estimate of drug-likeness (QED) is 0.623. The molecule has 2 fully saturated rings. The third-order valence-electron chi connectivity index (χ3n) is 7.06. The molecule has 1 aliphatic carbocycles. The normalized spacial score (nSPS) is 17.8. The molecular weight excluding hydrogens is 419 g/mol. The zero-order valence-electron chi connectivity index (χ0n) is 19.6. The summed E-state index contributed by atoms with van der Waals surface area (Å²) in [4.78, 5) is 30.2. The number of hydrogen-bond donors (Lipinski definition) is 0. The van der Waals surface area contributed by atoms with Crippen LogP contribution in [-0.4, -0.2) is 39.7 Å². The van der Waals surface area contributed by atoms with Crippen molar-refractivity contribution in [1.82, 2.24) is 14.7 Å². The highest BCUT2D eigenvalue weighted by atomic mass is 19.1. The van der Waals surface area contributed by atoms with Crippen LogP contribution in [0.25, 0.3) is 0 Å². The molecule has 1 aromatic carbocycles. The van der Waals surface area contributed by atoms with Crippen LogP contribution in [0.4, 0.5) is 10.1 Å². The lowest BCUT2D eigenvalue weighted by molar-refractivity contribution is -0.140. The summed E-state index contributed by atoms with van der Waals surface area (Å²) < 4.78 is 14.9. The number of rotatable bonds is 7. The summed E-state index contributed by atoms with van der Waals surface area (Å²) in [6, 6.07) is 8.45. The zero-order chi connectivity index (χ0) is 23.2. The second kappa shape index (κ2) is 10.9. The van der Waals surface area contributed by atoms with E-state index in [4.69, 9.17) is 0 Å².